The highest BCUT2D eigenvalue weighted by atomic mass is 32.1. The lowest BCUT2D eigenvalue weighted by atomic mass is 9.87. The molecule has 8 heteroatoms. The fraction of sp³-hybridized carbons (Fsp3) is 0.569. The molecular formula is C58H78O2S6. The van der Waals surface area contributed by atoms with E-state index in [9.17, 15) is 4.79 Å². The van der Waals surface area contributed by atoms with Gasteiger partial charge in [0, 0.05) is 70.8 Å². The molecule has 2 unspecified atom stereocenters. The van der Waals surface area contributed by atoms with Crippen LogP contribution in [0, 0.1) is 11.8 Å². The maximum Gasteiger partial charge on any atom is 0.348 e. The lowest BCUT2D eigenvalue weighted by Crippen LogP contribution is -2.13. The standard InChI is InChI=1S/C58H78O2S6/c1-12-18-21-22-23-24-31-60-56(59)47-35-43-53(64-47)54(66-55(43)58(10,11)17-6)46-34-41-49(44-29-27-39(61-44)32-37(15-4)25-19-13-2)52-42(36-48(65-52)57(7,8)9)50(51(41)63-46)45-30-28-40(62-45)33-38(16-5)26-20-14-3/h27-30,34-38H,12-26,31-33H2,1-11H3. The van der Waals surface area contributed by atoms with Crippen LogP contribution in [0.15, 0.2) is 42.5 Å². The highest BCUT2D eigenvalue weighted by molar-refractivity contribution is 7.32. The first-order valence-electron chi connectivity index (χ1n) is 25.7. The van der Waals surface area contributed by atoms with E-state index in [-0.39, 0.29) is 16.8 Å². The Kier molecular flexibility index (Phi) is 18.0. The summed E-state index contributed by atoms with van der Waals surface area (Å²) in [4.78, 5) is 25.7. The topological polar surface area (TPSA) is 26.3 Å². The molecule has 0 radical (unpaired) electrons. The monoisotopic (exact) mass is 998 g/mol. The number of carbonyl (C=O) groups excluding carboxylic acids is 1. The van der Waals surface area contributed by atoms with Gasteiger partial charge in [0.2, 0.25) is 0 Å². The second-order valence-electron chi connectivity index (χ2n) is 20.7. The van der Waals surface area contributed by atoms with E-state index in [1.165, 1.54) is 170 Å². The van der Waals surface area contributed by atoms with Crippen molar-refractivity contribution in [3.05, 3.63) is 66.9 Å². The molecular weight excluding hydrogens is 921 g/mol. The second kappa shape index (κ2) is 23.1. The van der Waals surface area contributed by atoms with Gasteiger partial charge >= 0.3 is 5.97 Å². The van der Waals surface area contributed by atoms with E-state index in [0.29, 0.717) is 6.61 Å². The highest BCUT2D eigenvalue weighted by Crippen LogP contribution is 2.57. The average Bonchev–Trinajstić information content (AvgIpc) is 4.16. The van der Waals surface area contributed by atoms with E-state index in [1.54, 1.807) is 11.3 Å². The summed E-state index contributed by atoms with van der Waals surface area (Å²) >= 11 is 11.7. The zero-order valence-corrected chi connectivity index (χ0v) is 47.1. The Morgan fingerprint density at radius 2 is 1.12 bits per heavy atom. The lowest BCUT2D eigenvalue weighted by Gasteiger charge is -2.21. The first-order chi connectivity index (χ1) is 31.7. The van der Waals surface area contributed by atoms with E-state index in [1.807, 2.05) is 56.7 Å². The van der Waals surface area contributed by atoms with Crippen molar-refractivity contribution >= 4 is 104 Å². The Labute approximate surface area is 422 Å². The van der Waals surface area contributed by atoms with Crippen molar-refractivity contribution in [1.29, 1.82) is 0 Å². The fourth-order valence-corrected chi connectivity index (χ4v) is 17.3. The number of esters is 1. The number of carbonyl (C=O) groups is 1. The van der Waals surface area contributed by atoms with Crippen LogP contribution < -0.4 is 0 Å². The van der Waals surface area contributed by atoms with Crippen LogP contribution in [-0.4, -0.2) is 12.6 Å². The van der Waals surface area contributed by atoms with Gasteiger partial charge in [0.05, 0.1) is 16.2 Å². The minimum absolute atomic E-state index is 0.0252. The molecule has 0 N–H and O–H groups in total. The summed E-state index contributed by atoms with van der Waals surface area (Å²) in [5, 5.41) is 4.02. The Bertz CT molecular complexity index is 2550. The smallest absolute Gasteiger partial charge is 0.348 e. The number of thiophene rings is 6. The van der Waals surface area contributed by atoms with Crippen LogP contribution in [0.4, 0.5) is 0 Å². The Morgan fingerprint density at radius 1 is 0.561 bits per heavy atom. The molecule has 0 aliphatic carbocycles. The molecule has 0 aliphatic rings. The van der Waals surface area contributed by atoms with Crippen LogP contribution >= 0.6 is 68.0 Å². The summed E-state index contributed by atoms with van der Waals surface area (Å²) in [5.74, 6) is 1.29. The SMILES string of the molecule is CCCCCCCCOC(=O)c1cc2c(C(C)(C)CC)sc(-c3cc4c(-c5ccc(CC(CC)CCCC)s5)c5sc(C(C)(C)C)cc5c(-c5ccc(CC(CC)CCCC)s5)c4s3)c2s1. The summed E-state index contributed by atoms with van der Waals surface area (Å²) in [7, 11) is 0. The predicted octanol–water partition coefficient (Wildman–Crippen LogP) is 21.5. The van der Waals surface area contributed by atoms with Gasteiger partial charge < -0.3 is 4.74 Å². The van der Waals surface area contributed by atoms with Crippen molar-refractivity contribution in [1.82, 2.24) is 0 Å². The molecule has 66 heavy (non-hydrogen) atoms. The van der Waals surface area contributed by atoms with Crippen molar-refractivity contribution in [2.75, 3.05) is 6.61 Å². The number of rotatable bonds is 25. The molecule has 7 aromatic rings. The highest BCUT2D eigenvalue weighted by Gasteiger charge is 2.31. The normalized spacial score (nSPS) is 13.5. The molecule has 0 spiro atoms. The molecule has 2 nitrogen and oxygen atoms in total. The first kappa shape index (κ1) is 51.5. The quantitative estimate of drug-likeness (QED) is 0.0421. The summed E-state index contributed by atoms with van der Waals surface area (Å²) < 4.78 is 10.0. The van der Waals surface area contributed by atoms with Crippen LogP contribution in [0.25, 0.3) is 60.9 Å². The molecule has 6 aromatic heterocycles. The average molecular weight is 1000 g/mol. The van der Waals surface area contributed by atoms with Crippen LogP contribution in [0.3, 0.4) is 0 Å². The first-order valence-corrected chi connectivity index (χ1v) is 30.6. The Hall–Kier alpha value is -2.33. The van der Waals surface area contributed by atoms with E-state index in [2.05, 4.69) is 119 Å². The summed E-state index contributed by atoms with van der Waals surface area (Å²) in [6, 6.07) is 17.1. The van der Waals surface area contributed by atoms with Gasteiger partial charge in [-0.1, -0.05) is 160 Å². The molecule has 0 saturated carbocycles. The zero-order chi connectivity index (χ0) is 47.2. The minimum atomic E-state index is -0.168. The van der Waals surface area contributed by atoms with Gasteiger partial charge in [-0.25, -0.2) is 4.79 Å². The van der Waals surface area contributed by atoms with Crippen LogP contribution in [0.5, 0.6) is 0 Å². The Balaban J connectivity index is 1.41. The predicted molar refractivity (Wildman–Crippen MR) is 302 cm³/mol. The third kappa shape index (κ3) is 11.6. The molecule has 7 rings (SSSR count). The maximum absolute atomic E-state index is 13.7. The van der Waals surface area contributed by atoms with E-state index in [4.69, 9.17) is 4.74 Å². The molecule has 0 saturated heterocycles. The van der Waals surface area contributed by atoms with E-state index < -0.39 is 0 Å². The number of hydrogen-bond acceptors (Lipinski definition) is 8. The van der Waals surface area contributed by atoms with Crippen molar-refractivity contribution in [3.63, 3.8) is 0 Å². The van der Waals surface area contributed by atoms with Gasteiger partial charge in [-0.15, -0.1) is 68.0 Å². The van der Waals surface area contributed by atoms with Gasteiger partial charge in [-0.2, -0.15) is 0 Å². The van der Waals surface area contributed by atoms with E-state index >= 15 is 0 Å². The third-order valence-electron chi connectivity index (χ3n) is 14.1. The molecule has 358 valence electrons. The molecule has 6 heterocycles. The zero-order valence-electron chi connectivity index (χ0n) is 42.2. The van der Waals surface area contributed by atoms with Crippen LogP contribution in [0.1, 0.15) is 202 Å². The number of ether oxygens (including phenoxy) is 1. The second-order valence-corrected chi connectivity index (χ2v) is 27.2. The largest absolute Gasteiger partial charge is 0.462 e. The van der Waals surface area contributed by atoms with Gasteiger partial charge in [0.1, 0.15) is 4.88 Å². The molecule has 2 atom stereocenters. The fourth-order valence-electron chi connectivity index (χ4n) is 9.42. The van der Waals surface area contributed by atoms with E-state index in [0.717, 1.165) is 36.0 Å². The maximum atomic E-state index is 13.7. The van der Waals surface area contributed by atoms with Gasteiger partial charge in [0.25, 0.3) is 0 Å². The van der Waals surface area contributed by atoms with Crippen molar-refractivity contribution in [2.24, 2.45) is 11.8 Å². The van der Waals surface area contributed by atoms with Crippen molar-refractivity contribution in [3.8, 4) is 30.6 Å². The van der Waals surface area contributed by atoms with Gasteiger partial charge in [0.15, 0.2) is 0 Å². The number of fused-ring (bicyclic) bond motifs is 3. The lowest BCUT2D eigenvalue weighted by molar-refractivity contribution is 0.0503. The summed E-state index contributed by atoms with van der Waals surface area (Å²) in [6.45, 7) is 26.3. The van der Waals surface area contributed by atoms with Crippen LogP contribution in [-0.2, 0) is 28.4 Å². The Morgan fingerprint density at radius 3 is 1.68 bits per heavy atom. The molecule has 1 aromatic carbocycles. The number of benzene rings is 1. The van der Waals surface area contributed by atoms with Gasteiger partial charge in [-0.05, 0) is 90.8 Å². The molecule has 0 aliphatic heterocycles. The number of unbranched alkanes of at least 4 members (excludes halogenated alkanes) is 7. The van der Waals surface area contributed by atoms with Crippen LogP contribution in [0.2, 0.25) is 0 Å². The van der Waals surface area contributed by atoms with Crippen molar-refractivity contribution in [2.45, 2.75) is 196 Å². The summed E-state index contributed by atoms with van der Waals surface area (Å²) in [5.41, 5.74) is 2.85. The van der Waals surface area contributed by atoms with Crippen molar-refractivity contribution < 1.29 is 9.53 Å². The molecule has 0 amide bonds. The molecule has 0 bridgehead atoms. The minimum Gasteiger partial charge on any atom is -0.462 e. The third-order valence-corrected chi connectivity index (χ3v) is 22.1. The summed E-state index contributed by atoms with van der Waals surface area (Å²) in [6.07, 6.45) is 20.6. The number of hydrogen-bond donors (Lipinski definition) is 0. The van der Waals surface area contributed by atoms with Gasteiger partial charge in [-0.3, -0.25) is 0 Å². The molecule has 0 fully saturated rings.